The van der Waals surface area contributed by atoms with E-state index in [4.69, 9.17) is 4.42 Å². The third-order valence-corrected chi connectivity index (χ3v) is 7.47. The summed E-state index contributed by atoms with van der Waals surface area (Å²) in [5.74, 6) is -0.284. The number of anilines is 1. The zero-order valence-corrected chi connectivity index (χ0v) is 16.6. The van der Waals surface area contributed by atoms with Crippen LogP contribution in [-0.4, -0.2) is 36.7 Å². The van der Waals surface area contributed by atoms with Crippen molar-refractivity contribution in [2.45, 2.75) is 31.6 Å². The first-order valence-corrected chi connectivity index (χ1v) is 10.9. The molecule has 1 fully saturated rings. The molecular formula is C18H19N3O4S2. The van der Waals surface area contributed by atoms with Crippen LogP contribution in [0.15, 0.2) is 33.6 Å². The van der Waals surface area contributed by atoms with Crippen molar-refractivity contribution in [2.75, 3.05) is 18.4 Å². The maximum atomic E-state index is 12.7. The quantitative estimate of drug-likeness (QED) is 0.717. The van der Waals surface area contributed by atoms with Gasteiger partial charge in [-0.15, -0.1) is 11.3 Å². The Labute approximate surface area is 161 Å². The molecule has 3 aromatic rings. The van der Waals surface area contributed by atoms with Gasteiger partial charge in [-0.25, -0.2) is 13.4 Å². The van der Waals surface area contributed by atoms with Crippen LogP contribution >= 0.6 is 11.3 Å². The number of amides is 1. The van der Waals surface area contributed by atoms with E-state index in [1.165, 1.54) is 10.4 Å². The van der Waals surface area contributed by atoms with Gasteiger partial charge >= 0.3 is 0 Å². The number of hydrogen-bond acceptors (Lipinski definition) is 6. The number of rotatable bonds is 4. The molecule has 7 nitrogen and oxygen atoms in total. The number of carbonyl (C=O) groups is 1. The summed E-state index contributed by atoms with van der Waals surface area (Å²) in [5, 5.41) is 3.71. The average Bonchev–Trinajstić information content (AvgIpc) is 3.32. The highest BCUT2D eigenvalue weighted by Gasteiger charge is 2.31. The van der Waals surface area contributed by atoms with Gasteiger partial charge in [0, 0.05) is 24.8 Å². The van der Waals surface area contributed by atoms with Gasteiger partial charge in [-0.1, -0.05) is 0 Å². The van der Waals surface area contributed by atoms with Gasteiger partial charge < -0.3 is 9.73 Å². The fourth-order valence-electron chi connectivity index (χ4n) is 3.21. The number of nitrogens with one attached hydrogen (secondary N) is 1. The van der Waals surface area contributed by atoms with Crippen LogP contribution in [0.2, 0.25) is 0 Å². The second kappa shape index (κ2) is 6.74. The third kappa shape index (κ3) is 3.38. The van der Waals surface area contributed by atoms with Gasteiger partial charge in [0.15, 0.2) is 5.76 Å². The van der Waals surface area contributed by atoms with Crippen LogP contribution in [0, 0.1) is 13.8 Å². The third-order valence-electron chi connectivity index (χ3n) is 4.53. The average molecular weight is 406 g/mol. The lowest BCUT2D eigenvalue weighted by Gasteiger charge is -2.14. The van der Waals surface area contributed by atoms with Gasteiger partial charge in [0.05, 0.1) is 15.2 Å². The molecule has 0 radical (unpaired) electrons. The smallest absolute Gasteiger partial charge is 0.291 e. The SMILES string of the molecule is Cc1nc2ccc(NC(=O)c3cc(S(=O)(=O)N4CCCC4)c(C)o3)cc2s1. The number of carbonyl (C=O) groups excluding carboxylic acids is 1. The largest absolute Gasteiger partial charge is 0.455 e. The van der Waals surface area contributed by atoms with Gasteiger partial charge in [0.2, 0.25) is 10.0 Å². The molecule has 0 bridgehead atoms. The van der Waals surface area contributed by atoms with Gasteiger partial charge in [-0.05, 0) is 44.9 Å². The molecule has 0 atom stereocenters. The van der Waals surface area contributed by atoms with Crippen molar-refractivity contribution >= 4 is 43.2 Å². The predicted octanol–water partition coefficient (Wildman–Crippen LogP) is 3.54. The minimum absolute atomic E-state index is 0.0224. The zero-order valence-electron chi connectivity index (χ0n) is 15.0. The molecule has 0 saturated carbocycles. The standard InChI is InChI=1S/C18H19N3O4S2/c1-11-17(27(23,24)21-7-3-4-8-21)10-15(25-11)18(22)20-13-5-6-14-16(9-13)26-12(2)19-14/h5-6,9-10H,3-4,7-8H2,1-2H3,(H,20,22). The van der Waals surface area contributed by atoms with Crippen LogP contribution in [-0.2, 0) is 10.0 Å². The Bertz CT molecular complexity index is 1120. The fourth-order valence-corrected chi connectivity index (χ4v) is 5.76. The van der Waals surface area contributed by atoms with Crippen LogP contribution in [0.25, 0.3) is 10.2 Å². The minimum atomic E-state index is -3.63. The number of fused-ring (bicyclic) bond motifs is 1. The maximum Gasteiger partial charge on any atom is 0.291 e. The number of thiazole rings is 1. The summed E-state index contributed by atoms with van der Waals surface area (Å²) in [6.45, 7) is 4.49. The van der Waals surface area contributed by atoms with E-state index in [1.807, 2.05) is 19.1 Å². The lowest BCUT2D eigenvalue weighted by atomic mass is 10.3. The summed E-state index contributed by atoms with van der Waals surface area (Å²) in [4.78, 5) is 17.0. The highest BCUT2D eigenvalue weighted by atomic mass is 32.2. The molecule has 1 N–H and O–H groups in total. The normalized spacial score (nSPS) is 15.5. The molecule has 27 heavy (non-hydrogen) atoms. The van der Waals surface area contributed by atoms with Crippen LogP contribution < -0.4 is 5.32 Å². The second-order valence-corrected chi connectivity index (χ2v) is 9.65. The van der Waals surface area contributed by atoms with Crippen molar-refractivity contribution in [1.82, 2.24) is 9.29 Å². The predicted molar refractivity (Wildman–Crippen MR) is 104 cm³/mol. The molecule has 3 heterocycles. The van der Waals surface area contributed by atoms with Crippen molar-refractivity contribution in [3.63, 3.8) is 0 Å². The van der Waals surface area contributed by atoms with E-state index in [-0.39, 0.29) is 16.4 Å². The number of aryl methyl sites for hydroxylation is 2. The summed E-state index contributed by atoms with van der Waals surface area (Å²) in [6.07, 6.45) is 1.70. The minimum Gasteiger partial charge on any atom is -0.455 e. The molecule has 1 aliphatic rings. The number of aromatic nitrogens is 1. The van der Waals surface area contributed by atoms with E-state index >= 15 is 0 Å². The fraction of sp³-hybridized carbons (Fsp3) is 0.333. The molecule has 1 saturated heterocycles. The van der Waals surface area contributed by atoms with Gasteiger partial charge in [-0.2, -0.15) is 4.31 Å². The zero-order chi connectivity index (χ0) is 19.2. The van der Waals surface area contributed by atoms with E-state index < -0.39 is 15.9 Å². The Kier molecular flexibility index (Phi) is 4.53. The molecule has 9 heteroatoms. The van der Waals surface area contributed by atoms with Crippen molar-refractivity contribution in [2.24, 2.45) is 0 Å². The number of benzene rings is 1. The molecule has 0 unspecified atom stereocenters. The van der Waals surface area contributed by atoms with Gasteiger partial charge in [0.1, 0.15) is 10.7 Å². The first kappa shape index (κ1) is 18.1. The van der Waals surface area contributed by atoms with Crippen molar-refractivity contribution in [3.05, 3.63) is 40.8 Å². The molecule has 1 aliphatic heterocycles. The Morgan fingerprint density at radius 3 is 2.70 bits per heavy atom. The Morgan fingerprint density at radius 2 is 1.96 bits per heavy atom. The first-order valence-electron chi connectivity index (χ1n) is 8.64. The van der Waals surface area contributed by atoms with E-state index in [0.717, 1.165) is 28.1 Å². The van der Waals surface area contributed by atoms with Gasteiger partial charge in [-0.3, -0.25) is 4.79 Å². The molecule has 4 rings (SSSR count). The topological polar surface area (TPSA) is 92.5 Å². The molecule has 0 aliphatic carbocycles. The lowest BCUT2D eigenvalue weighted by Crippen LogP contribution is -2.28. The van der Waals surface area contributed by atoms with Crippen LogP contribution in [0.3, 0.4) is 0 Å². The number of hydrogen-bond donors (Lipinski definition) is 1. The highest BCUT2D eigenvalue weighted by molar-refractivity contribution is 7.89. The summed E-state index contributed by atoms with van der Waals surface area (Å²) >= 11 is 1.54. The molecule has 1 aromatic carbocycles. The number of furan rings is 1. The molecule has 142 valence electrons. The van der Waals surface area contributed by atoms with Crippen LogP contribution in [0.1, 0.15) is 34.2 Å². The highest BCUT2D eigenvalue weighted by Crippen LogP contribution is 2.28. The molecule has 1 amide bonds. The Balaban J connectivity index is 1.58. The van der Waals surface area contributed by atoms with Crippen molar-refractivity contribution in [1.29, 1.82) is 0 Å². The maximum absolute atomic E-state index is 12.7. The number of nitrogens with zero attached hydrogens (tertiary/aromatic N) is 2. The summed E-state index contributed by atoms with van der Waals surface area (Å²) in [7, 11) is -3.63. The molecule has 2 aromatic heterocycles. The van der Waals surface area contributed by atoms with Crippen molar-refractivity contribution in [3.8, 4) is 0 Å². The van der Waals surface area contributed by atoms with E-state index in [9.17, 15) is 13.2 Å². The van der Waals surface area contributed by atoms with Crippen LogP contribution in [0.5, 0.6) is 0 Å². The Hall–Kier alpha value is -2.23. The summed E-state index contributed by atoms with van der Waals surface area (Å²) in [5.41, 5.74) is 1.48. The monoisotopic (exact) mass is 405 g/mol. The van der Waals surface area contributed by atoms with E-state index in [2.05, 4.69) is 10.3 Å². The lowest BCUT2D eigenvalue weighted by molar-refractivity contribution is 0.0995. The first-order chi connectivity index (χ1) is 12.8. The molecule has 0 spiro atoms. The Morgan fingerprint density at radius 1 is 1.22 bits per heavy atom. The number of sulfonamides is 1. The van der Waals surface area contributed by atoms with E-state index in [0.29, 0.717) is 18.8 Å². The molecular weight excluding hydrogens is 386 g/mol. The van der Waals surface area contributed by atoms with Crippen LogP contribution in [0.4, 0.5) is 5.69 Å². The van der Waals surface area contributed by atoms with E-state index in [1.54, 1.807) is 24.3 Å². The second-order valence-electron chi connectivity index (χ2n) is 6.51. The summed E-state index contributed by atoms with van der Waals surface area (Å²) < 4.78 is 33.3. The van der Waals surface area contributed by atoms with Gasteiger partial charge in [0.25, 0.3) is 5.91 Å². The van der Waals surface area contributed by atoms with Crippen molar-refractivity contribution < 1.29 is 17.6 Å². The summed E-state index contributed by atoms with van der Waals surface area (Å²) in [6, 6.07) is 6.76.